The lowest BCUT2D eigenvalue weighted by atomic mass is 9.76. The largest absolute Gasteiger partial charge is 0.385 e. The first-order valence-corrected chi connectivity index (χ1v) is 11.6. The predicted octanol–water partition coefficient (Wildman–Crippen LogP) is 1.79. The number of urea groups is 1. The summed E-state index contributed by atoms with van der Waals surface area (Å²) in [7, 11) is 1.63. The highest BCUT2D eigenvalue weighted by molar-refractivity contribution is 5.94. The van der Waals surface area contributed by atoms with Crippen molar-refractivity contribution >= 4 is 17.8 Å². The number of likely N-dealkylation sites (N-methyl/N-ethyl adjacent to an activating group) is 1. The molecule has 0 bridgehead atoms. The van der Waals surface area contributed by atoms with Gasteiger partial charge in [0, 0.05) is 46.4 Å². The second-order valence-electron chi connectivity index (χ2n) is 8.68. The van der Waals surface area contributed by atoms with E-state index in [-0.39, 0.29) is 17.8 Å². The van der Waals surface area contributed by atoms with Gasteiger partial charge in [0.05, 0.1) is 5.41 Å². The highest BCUT2D eigenvalue weighted by atomic mass is 16.5. The number of ether oxygens (including phenoxy) is 1. The molecule has 1 unspecified atom stereocenters. The molecule has 2 saturated heterocycles. The van der Waals surface area contributed by atoms with Gasteiger partial charge in [0.2, 0.25) is 11.8 Å². The van der Waals surface area contributed by atoms with Crippen molar-refractivity contribution in [2.45, 2.75) is 45.1 Å². The molecule has 3 rings (SSSR count). The average Bonchev–Trinajstić information content (AvgIpc) is 3.09. The van der Waals surface area contributed by atoms with E-state index < -0.39 is 11.5 Å². The summed E-state index contributed by atoms with van der Waals surface area (Å²) in [5.41, 5.74) is 0.652. The van der Waals surface area contributed by atoms with Crippen LogP contribution in [0.15, 0.2) is 30.3 Å². The van der Waals surface area contributed by atoms with Crippen molar-refractivity contribution in [1.82, 2.24) is 20.4 Å². The lowest BCUT2D eigenvalue weighted by Crippen LogP contribution is -2.50. The number of likely N-dealkylation sites (tertiary alicyclic amines) is 2. The van der Waals surface area contributed by atoms with Gasteiger partial charge in [-0.25, -0.2) is 4.79 Å². The van der Waals surface area contributed by atoms with Gasteiger partial charge in [0.25, 0.3) is 0 Å². The SMILES string of the molecule is CCN1C(=O)C2(CCN(C(=O)NCCc3ccccc3)CC2)CC1C(=O)NCCCOC. The molecule has 2 aliphatic rings. The van der Waals surface area contributed by atoms with Crippen LogP contribution in [0.25, 0.3) is 0 Å². The van der Waals surface area contributed by atoms with Gasteiger partial charge in [0.15, 0.2) is 0 Å². The third-order valence-corrected chi connectivity index (χ3v) is 6.68. The van der Waals surface area contributed by atoms with Crippen LogP contribution in [0.2, 0.25) is 0 Å². The number of carbonyl (C=O) groups is 3. The average molecular weight is 445 g/mol. The molecule has 1 aromatic carbocycles. The zero-order valence-corrected chi connectivity index (χ0v) is 19.3. The van der Waals surface area contributed by atoms with Crippen molar-refractivity contribution in [2.24, 2.45) is 5.41 Å². The van der Waals surface area contributed by atoms with Crippen molar-refractivity contribution in [3.63, 3.8) is 0 Å². The van der Waals surface area contributed by atoms with Crippen LogP contribution >= 0.6 is 0 Å². The fraction of sp³-hybridized carbons (Fsp3) is 0.625. The van der Waals surface area contributed by atoms with Gasteiger partial charge < -0.3 is 25.2 Å². The molecule has 0 radical (unpaired) electrons. The predicted molar refractivity (Wildman–Crippen MR) is 122 cm³/mol. The summed E-state index contributed by atoms with van der Waals surface area (Å²) >= 11 is 0. The Morgan fingerprint density at radius 3 is 2.50 bits per heavy atom. The molecular weight excluding hydrogens is 408 g/mol. The fourth-order valence-electron chi connectivity index (χ4n) is 4.78. The summed E-state index contributed by atoms with van der Waals surface area (Å²) in [6, 6.07) is 9.55. The van der Waals surface area contributed by atoms with Crippen molar-refractivity contribution in [1.29, 1.82) is 0 Å². The Bertz CT molecular complexity index is 777. The summed E-state index contributed by atoms with van der Waals surface area (Å²) < 4.78 is 5.02. The molecule has 176 valence electrons. The van der Waals surface area contributed by atoms with Crippen LogP contribution < -0.4 is 10.6 Å². The lowest BCUT2D eigenvalue weighted by Gasteiger charge is -2.37. The van der Waals surface area contributed by atoms with E-state index in [2.05, 4.69) is 10.6 Å². The van der Waals surface area contributed by atoms with Crippen LogP contribution in [-0.4, -0.2) is 80.1 Å². The molecule has 0 saturated carbocycles. The van der Waals surface area contributed by atoms with E-state index in [0.717, 1.165) is 12.8 Å². The molecule has 0 aliphatic carbocycles. The molecule has 2 N–H and O–H groups in total. The van der Waals surface area contributed by atoms with Crippen molar-refractivity contribution < 1.29 is 19.1 Å². The molecule has 1 atom stereocenters. The topological polar surface area (TPSA) is 91.0 Å². The van der Waals surface area contributed by atoms with Crippen molar-refractivity contribution in [3.8, 4) is 0 Å². The standard InChI is InChI=1S/C24H36N4O4/c1-3-28-20(21(29)25-13-7-17-32-2)18-24(22(28)30)11-15-27(16-12-24)23(31)26-14-10-19-8-5-4-6-9-19/h4-6,8-9,20H,3,7,10-18H2,1-2H3,(H,25,29)(H,26,31). The van der Waals surface area contributed by atoms with E-state index >= 15 is 0 Å². The van der Waals surface area contributed by atoms with Crippen molar-refractivity contribution in [2.75, 3.05) is 46.4 Å². The maximum Gasteiger partial charge on any atom is 0.317 e. The number of piperidine rings is 1. The number of nitrogens with one attached hydrogen (secondary N) is 2. The zero-order chi connectivity index (χ0) is 23.0. The van der Waals surface area contributed by atoms with Gasteiger partial charge in [-0.05, 0) is 44.6 Å². The molecule has 2 aliphatic heterocycles. The number of carbonyl (C=O) groups excluding carboxylic acids is 3. The van der Waals surface area contributed by atoms with Crippen LogP contribution in [0.4, 0.5) is 4.79 Å². The highest BCUT2D eigenvalue weighted by Gasteiger charge is 2.54. The first-order chi connectivity index (χ1) is 15.5. The quantitative estimate of drug-likeness (QED) is 0.568. The number of amides is 4. The zero-order valence-electron chi connectivity index (χ0n) is 19.3. The molecule has 1 spiro atoms. The summed E-state index contributed by atoms with van der Waals surface area (Å²) in [5.74, 6) is -0.0320. The van der Waals surface area contributed by atoms with E-state index in [0.29, 0.717) is 58.6 Å². The molecule has 1 aromatic rings. The van der Waals surface area contributed by atoms with Gasteiger partial charge in [-0.1, -0.05) is 30.3 Å². The van der Waals surface area contributed by atoms with Gasteiger partial charge in [-0.2, -0.15) is 0 Å². The van der Waals surface area contributed by atoms with Crippen LogP contribution in [0.1, 0.15) is 38.2 Å². The third-order valence-electron chi connectivity index (χ3n) is 6.68. The Kier molecular flexibility index (Phi) is 8.50. The Morgan fingerprint density at radius 1 is 1.12 bits per heavy atom. The molecule has 2 fully saturated rings. The minimum atomic E-state index is -0.536. The molecule has 8 nitrogen and oxygen atoms in total. The first kappa shape index (κ1) is 24.0. The number of rotatable bonds is 9. The van der Waals surface area contributed by atoms with Crippen LogP contribution in [0.3, 0.4) is 0 Å². The molecule has 32 heavy (non-hydrogen) atoms. The van der Waals surface area contributed by atoms with E-state index in [4.69, 9.17) is 4.74 Å². The number of benzene rings is 1. The number of hydrogen-bond acceptors (Lipinski definition) is 4. The summed E-state index contributed by atoms with van der Waals surface area (Å²) in [5, 5.41) is 5.93. The van der Waals surface area contributed by atoms with E-state index in [9.17, 15) is 14.4 Å². The fourth-order valence-corrected chi connectivity index (χ4v) is 4.78. The van der Waals surface area contributed by atoms with E-state index in [1.807, 2.05) is 37.3 Å². The molecule has 4 amide bonds. The van der Waals surface area contributed by atoms with E-state index in [1.54, 1.807) is 16.9 Å². The Morgan fingerprint density at radius 2 is 1.84 bits per heavy atom. The van der Waals surface area contributed by atoms with Gasteiger partial charge in [-0.3, -0.25) is 9.59 Å². The minimum Gasteiger partial charge on any atom is -0.385 e. The minimum absolute atomic E-state index is 0.0566. The number of hydrogen-bond donors (Lipinski definition) is 2. The second kappa shape index (κ2) is 11.3. The van der Waals surface area contributed by atoms with Gasteiger partial charge in [-0.15, -0.1) is 0 Å². The Labute approximate surface area is 190 Å². The van der Waals surface area contributed by atoms with Crippen LogP contribution in [0, 0.1) is 5.41 Å². The molecule has 0 aromatic heterocycles. The molecule has 8 heteroatoms. The number of nitrogens with zero attached hydrogens (tertiary/aromatic N) is 2. The van der Waals surface area contributed by atoms with Gasteiger partial charge in [0.1, 0.15) is 6.04 Å². The lowest BCUT2D eigenvalue weighted by molar-refractivity contribution is -0.140. The second-order valence-corrected chi connectivity index (χ2v) is 8.68. The first-order valence-electron chi connectivity index (χ1n) is 11.6. The Hall–Kier alpha value is -2.61. The normalized spacial score (nSPS) is 19.9. The maximum absolute atomic E-state index is 13.2. The smallest absolute Gasteiger partial charge is 0.317 e. The third kappa shape index (κ3) is 5.59. The maximum atomic E-state index is 13.2. The van der Waals surface area contributed by atoms with Crippen LogP contribution in [0.5, 0.6) is 0 Å². The van der Waals surface area contributed by atoms with Crippen molar-refractivity contribution in [3.05, 3.63) is 35.9 Å². The van der Waals surface area contributed by atoms with Crippen LogP contribution in [-0.2, 0) is 20.7 Å². The van der Waals surface area contributed by atoms with Gasteiger partial charge >= 0.3 is 6.03 Å². The summed E-state index contributed by atoms with van der Waals surface area (Å²) in [4.78, 5) is 42.0. The summed E-state index contributed by atoms with van der Waals surface area (Å²) in [6.45, 7) is 5.20. The van der Waals surface area contributed by atoms with E-state index in [1.165, 1.54) is 5.56 Å². The summed E-state index contributed by atoms with van der Waals surface area (Å²) in [6.07, 6.45) is 3.26. The monoisotopic (exact) mass is 444 g/mol. The molecular formula is C24H36N4O4. The molecule has 2 heterocycles. The Balaban J connectivity index is 1.49. The highest BCUT2D eigenvalue weighted by Crippen LogP contribution is 2.44. The number of methoxy groups -OCH3 is 1.